The Morgan fingerprint density at radius 2 is 2.12 bits per heavy atom. The van der Waals surface area contributed by atoms with Gasteiger partial charge in [-0.05, 0) is 24.6 Å². The first-order valence-electron chi connectivity index (χ1n) is 4.88. The largest absolute Gasteiger partial charge is 0.352 e. The summed E-state index contributed by atoms with van der Waals surface area (Å²) in [4.78, 5) is 10.8. The first-order valence-corrected chi connectivity index (χ1v) is 7.19. The Morgan fingerprint density at radius 1 is 1.47 bits per heavy atom. The van der Waals surface area contributed by atoms with Crippen molar-refractivity contribution in [3.05, 3.63) is 29.6 Å². The highest BCUT2D eigenvalue weighted by atomic mass is 35.7. The van der Waals surface area contributed by atoms with Crippen molar-refractivity contribution < 1.29 is 17.6 Å². The molecule has 4 nitrogen and oxygen atoms in total. The van der Waals surface area contributed by atoms with Gasteiger partial charge in [0.15, 0.2) is 0 Å². The van der Waals surface area contributed by atoms with Gasteiger partial charge in [0.05, 0.1) is 0 Å². The van der Waals surface area contributed by atoms with Crippen LogP contribution >= 0.6 is 10.7 Å². The molecule has 0 aliphatic rings. The predicted molar refractivity (Wildman–Crippen MR) is 62.1 cm³/mol. The number of hydrogen-bond acceptors (Lipinski definition) is 3. The lowest BCUT2D eigenvalue weighted by Gasteiger charge is -2.05. The Hall–Kier alpha value is -1.14. The van der Waals surface area contributed by atoms with E-state index in [4.69, 9.17) is 10.7 Å². The van der Waals surface area contributed by atoms with Gasteiger partial charge in [0.1, 0.15) is 10.7 Å². The summed E-state index contributed by atoms with van der Waals surface area (Å²) in [6, 6.07) is 3.02. The molecule has 0 bridgehead atoms. The SMILES string of the molecule is CCCNC(=O)c1ccc(F)c(S(=O)(=O)Cl)c1. The normalized spacial score (nSPS) is 11.2. The van der Waals surface area contributed by atoms with Crippen LogP contribution in [0, 0.1) is 5.82 Å². The molecule has 0 aliphatic carbocycles. The molecule has 0 radical (unpaired) electrons. The lowest BCUT2D eigenvalue weighted by Crippen LogP contribution is -2.24. The number of hydrogen-bond donors (Lipinski definition) is 1. The molecule has 1 aromatic carbocycles. The van der Waals surface area contributed by atoms with Gasteiger partial charge in [-0.15, -0.1) is 0 Å². The van der Waals surface area contributed by atoms with E-state index in [2.05, 4.69) is 5.32 Å². The first-order chi connectivity index (χ1) is 7.86. The second-order valence-electron chi connectivity index (χ2n) is 3.34. The smallest absolute Gasteiger partial charge is 0.264 e. The molecule has 17 heavy (non-hydrogen) atoms. The van der Waals surface area contributed by atoms with Crippen molar-refractivity contribution in [1.29, 1.82) is 0 Å². The molecule has 0 aromatic heterocycles. The van der Waals surface area contributed by atoms with E-state index in [1.807, 2.05) is 6.92 Å². The van der Waals surface area contributed by atoms with Crippen LogP contribution < -0.4 is 5.32 Å². The van der Waals surface area contributed by atoms with Gasteiger partial charge in [-0.3, -0.25) is 4.79 Å². The summed E-state index contributed by atoms with van der Waals surface area (Å²) in [5, 5.41) is 2.55. The minimum absolute atomic E-state index is 0.0547. The second kappa shape index (κ2) is 5.46. The Bertz CT molecular complexity index is 530. The number of carbonyl (C=O) groups is 1. The number of carbonyl (C=O) groups excluding carboxylic acids is 1. The van der Waals surface area contributed by atoms with Crippen LogP contribution in [0.4, 0.5) is 4.39 Å². The maximum absolute atomic E-state index is 13.2. The lowest BCUT2D eigenvalue weighted by molar-refractivity contribution is 0.0953. The van der Waals surface area contributed by atoms with Crippen molar-refractivity contribution >= 4 is 25.6 Å². The number of halogens is 2. The van der Waals surface area contributed by atoms with E-state index < -0.39 is 25.7 Å². The number of rotatable bonds is 4. The average molecular weight is 280 g/mol. The molecular formula is C10H11ClFNO3S. The van der Waals surface area contributed by atoms with E-state index in [0.717, 1.165) is 18.6 Å². The van der Waals surface area contributed by atoms with Crippen LogP contribution in [0.25, 0.3) is 0 Å². The molecule has 0 saturated carbocycles. The molecule has 0 spiro atoms. The Morgan fingerprint density at radius 3 is 2.65 bits per heavy atom. The molecular weight excluding hydrogens is 269 g/mol. The van der Waals surface area contributed by atoms with Crippen LogP contribution in [0.2, 0.25) is 0 Å². The molecule has 0 atom stereocenters. The molecule has 0 fully saturated rings. The van der Waals surface area contributed by atoms with E-state index in [0.29, 0.717) is 6.54 Å². The molecule has 1 amide bonds. The van der Waals surface area contributed by atoms with Crippen LogP contribution in [0.3, 0.4) is 0 Å². The molecule has 1 N–H and O–H groups in total. The summed E-state index contributed by atoms with van der Waals surface area (Å²) in [5.74, 6) is -1.44. The highest BCUT2D eigenvalue weighted by Gasteiger charge is 2.18. The van der Waals surface area contributed by atoms with Crippen molar-refractivity contribution in [2.24, 2.45) is 0 Å². The highest BCUT2D eigenvalue weighted by Crippen LogP contribution is 2.20. The topological polar surface area (TPSA) is 63.2 Å². The van der Waals surface area contributed by atoms with Gasteiger partial charge in [-0.1, -0.05) is 6.92 Å². The van der Waals surface area contributed by atoms with Gasteiger partial charge >= 0.3 is 0 Å². The van der Waals surface area contributed by atoms with Crippen LogP contribution in [0.15, 0.2) is 23.1 Å². The Balaban J connectivity index is 3.09. The summed E-state index contributed by atoms with van der Waals surface area (Å²) in [5.41, 5.74) is 0.0547. The van der Waals surface area contributed by atoms with Crippen LogP contribution in [0.1, 0.15) is 23.7 Å². The van der Waals surface area contributed by atoms with E-state index in [1.54, 1.807) is 0 Å². The fourth-order valence-electron chi connectivity index (χ4n) is 1.17. The minimum atomic E-state index is -4.19. The monoisotopic (exact) mass is 279 g/mol. The van der Waals surface area contributed by atoms with Crippen LogP contribution in [-0.4, -0.2) is 20.9 Å². The van der Waals surface area contributed by atoms with Gasteiger partial charge in [0.25, 0.3) is 15.0 Å². The summed E-state index contributed by atoms with van der Waals surface area (Å²) in [6.45, 7) is 2.33. The Kier molecular flexibility index (Phi) is 4.47. The quantitative estimate of drug-likeness (QED) is 0.856. The van der Waals surface area contributed by atoms with E-state index in [1.165, 1.54) is 6.07 Å². The zero-order chi connectivity index (χ0) is 13.1. The van der Waals surface area contributed by atoms with E-state index in [9.17, 15) is 17.6 Å². The third-order valence-corrected chi connectivity index (χ3v) is 3.33. The third kappa shape index (κ3) is 3.67. The third-order valence-electron chi connectivity index (χ3n) is 1.99. The van der Waals surface area contributed by atoms with Gasteiger partial charge in [-0.25, -0.2) is 12.8 Å². The standard InChI is InChI=1S/C10H11ClFNO3S/c1-2-5-13-10(14)7-3-4-8(12)9(6-7)17(11,15)16/h3-4,6H,2,5H2,1H3,(H,13,14). The molecule has 0 heterocycles. The summed E-state index contributed by atoms with van der Waals surface area (Å²) in [6.07, 6.45) is 0.744. The van der Waals surface area contributed by atoms with E-state index >= 15 is 0 Å². The van der Waals surface area contributed by atoms with Crippen molar-refractivity contribution in [3.8, 4) is 0 Å². The summed E-state index contributed by atoms with van der Waals surface area (Å²) < 4.78 is 35.3. The Labute approximate surface area is 103 Å². The number of amides is 1. The number of nitrogens with one attached hydrogen (secondary N) is 1. The molecule has 0 saturated heterocycles. The van der Waals surface area contributed by atoms with Gasteiger partial charge in [0, 0.05) is 22.8 Å². The molecule has 0 unspecified atom stereocenters. The molecule has 94 valence electrons. The van der Waals surface area contributed by atoms with Crippen molar-refractivity contribution in [2.75, 3.05) is 6.54 Å². The zero-order valence-corrected chi connectivity index (χ0v) is 10.6. The van der Waals surface area contributed by atoms with Gasteiger partial charge in [0.2, 0.25) is 0 Å². The molecule has 0 aliphatic heterocycles. The lowest BCUT2D eigenvalue weighted by atomic mass is 10.2. The molecule has 1 rings (SSSR count). The number of benzene rings is 1. The fourth-order valence-corrected chi connectivity index (χ4v) is 2.10. The first kappa shape index (κ1) is 13.9. The summed E-state index contributed by atoms with van der Waals surface area (Å²) >= 11 is 0. The van der Waals surface area contributed by atoms with Crippen molar-refractivity contribution in [3.63, 3.8) is 0 Å². The average Bonchev–Trinajstić information content (AvgIpc) is 2.25. The zero-order valence-electron chi connectivity index (χ0n) is 9.04. The van der Waals surface area contributed by atoms with Crippen LogP contribution in [-0.2, 0) is 9.05 Å². The van der Waals surface area contributed by atoms with Crippen molar-refractivity contribution in [2.45, 2.75) is 18.2 Å². The van der Waals surface area contributed by atoms with E-state index in [-0.39, 0.29) is 5.56 Å². The van der Waals surface area contributed by atoms with Gasteiger partial charge in [-0.2, -0.15) is 0 Å². The molecule has 7 heteroatoms. The maximum atomic E-state index is 13.2. The summed E-state index contributed by atoms with van der Waals surface area (Å²) in [7, 11) is 0.853. The van der Waals surface area contributed by atoms with Gasteiger partial charge < -0.3 is 5.32 Å². The van der Waals surface area contributed by atoms with Crippen molar-refractivity contribution in [1.82, 2.24) is 5.32 Å². The fraction of sp³-hybridized carbons (Fsp3) is 0.300. The minimum Gasteiger partial charge on any atom is -0.352 e. The highest BCUT2D eigenvalue weighted by molar-refractivity contribution is 8.13. The molecule has 1 aromatic rings. The van der Waals surface area contributed by atoms with Crippen LogP contribution in [0.5, 0.6) is 0 Å². The predicted octanol–water partition coefficient (Wildman–Crippen LogP) is 1.89. The second-order valence-corrected chi connectivity index (χ2v) is 5.87. The maximum Gasteiger partial charge on any atom is 0.264 e.